The number of hydrogen-bond donors (Lipinski definition) is 5. The molecule has 18 nitrogen and oxygen atoms in total. The summed E-state index contributed by atoms with van der Waals surface area (Å²) >= 11 is 0. The van der Waals surface area contributed by atoms with E-state index in [1.807, 2.05) is 0 Å². The number of carbonyl (C=O) groups is 4. The highest BCUT2D eigenvalue weighted by Gasteiger charge is 2.32. The van der Waals surface area contributed by atoms with Crippen molar-refractivity contribution in [3.05, 3.63) is 125 Å². The monoisotopic (exact) mass is 710 g/mol. The molecule has 6 rings (SSSR count). The first-order valence-corrected chi connectivity index (χ1v) is 17.0. The lowest BCUT2D eigenvalue weighted by Gasteiger charge is -2.23. The molecular weight excluding hydrogens is 680 g/mol. The van der Waals surface area contributed by atoms with Crippen molar-refractivity contribution in [1.82, 2.24) is 50.3 Å². The van der Waals surface area contributed by atoms with Crippen LogP contribution >= 0.6 is 0 Å². The summed E-state index contributed by atoms with van der Waals surface area (Å²) in [7, 11) is -4.16. The fourth-order valence-electron chi connectivity index (χ4n) is 5.21. The molecule has 1 aliphatic rings. The van der Waals surface area contributed by atoms with E-state index in [0.29, 0.717) is 16.7 Å². The molecule has 51 heavy (non-hydrogen) atoms. The predicted molar refractivity (Wildman–Crippen MR) is 178 cm³/mol. The van der Waals surface area contributed by atoms with Crippen LogP contribution in [0.2, 0.25) is 0 Å². The molecule has 2 amide bonds. The van der Waals surface area contributed by atoms with E-state index in [-0.39, 0.29) is 48.0 Å². The van der Waals surface area contributed by atoms with Gasteiger partial charge in [-0.05, 0) is 23.3 Å². The predicted octanol–water partition coefficient (Wildman–Crippen LogP) is -0.686. The molecule has 0 fully saturated rings. The second-order valence-corrected chi connectivity index (χ2v) is 13.3. The molecule has 2 aromatic carbocycles. The molecule has 0 spiro atoms. The minimum atomic E-state index is -4.16. The summed E-state index contributed by atoms with van der Waals surface area (Å²) in [5.41, 5.74) is 7.01. The number of nitrogens with one attached hydrogen (secondary N) is 4. The number of hydrogen-bond acceptors (Lipinski definition) is 12. The standard InChI is InChI=1S/C32H30N12O6S/c33-28(34)21-11-9-19(10-12-21)15-35-29(45)26-14-23-16-36-41-44(23)32(48)25-8-4-7-24(37-25)31(47)43-17-22(39-42-43)13-27(30(46)38-26)40-51(49,50)18-20-5-2-1-3-6-20/h1-12,16-17,26-27,40H,13-15,18H2,(H3,33,34)(H,35,45)(H,38,46)/t26-,27+/m0/s1. The van der Waals surface area contributed by atoms with E-state index < -0.39 is 51.5 Å². The molecule has 0 saturated carbocycles. The van der Waals surface area contributed by atoms with Gasteiger partial charge in [0.15, 0.2) is 0 Å². The zero-order valence-corrected chi connectivity index (χ0v) is 27.4. The Morgan fingerprint density at radius 3 is 2.37 bits per heavy atom. The summed E-state index contributed by atoms with van der Waals surface area (Å²) in [5.74, 6) is -3.67. The average molecular weight is 711 g/mol. The minimum Gasteiger partial charge on any atom is -0.384 e. The van der Waals surface area contributed by atoms with Gasteiger partial charge in [-0.2, -0.15) is 9.36 Å². The average Bonchev–Trinajstić information content (AvgIpc) is 3.79. The Morgan fingerprint density at radius 2 is 1.65 bits per heavy atom. The van der Waals surface area contributed by atoms with Gasteiger partial charge < -0.3 is 16.4 Å². The molecule has 260 valence electrons. The van der Waals surface area contributed by atoms with Crippen molar-refractivity contribution in [3.8, 4) is 0 Å². The molecule has 5 aromatic rings. The van der Waals surface area contributed by atoms with Crippen LogP contribution in [0.25, 0.3) is 0 Å². The van der Waals surface area contributed by atoms with E-state index in [0.717, 1.165) is 9.36 Å². The topological polar surface area (TPSA) is 263 Å². The molecule has 4 bridgehead atoms. The quantitative estimate of drug-likeness (QED) is 0.0990. The first kappa shape index (κ1) is 34.4. The number of aromatic nitrogens is 7. The first-order valence-electron chi connectivity index (χ1n) is 15.4. The summed E-state index contributed by atoms with van der Waals surface area (Å²) < 4.78 is 30.8. The number of nitrogen functional groups attached to an aromatic ring is 1. The number of sulfonamides is 1. The Kier molecular flexibility index (Phi) is 9.82. The highest BCUT2D eigenvalue weighted by Crippen LogP contribution is 2.13. The van der Waals surface area contributed by atoms with Gasteiger partial charge >= 0.3 is 0 Å². The van der Waals surface area contributed by atoms with Crippen LogP contribution in [0.4, 0.5) is 0 Å². The number of amidine groups is 1. The third-order valence-electron chi connectivity index (χ3n) is 7.78. The minimum absolute atomic E-state index is 0.0147. The third kappa shape index (κ3) is 8.23. The SMILES string of the molecule is N=C(N)c1ccc(CNC(=O)[C@@H]2Cc3cnnn3C(=O)c3cccc(n3)C(=O)n3cc(nn3)C[C@@H](NS(=O)(=O)Cc3ccccc3)C(=O)N2)cc1. The number of amides is 2. The van der Waals surface area contributed by atoms with Gasteiger partial charge in [0.2, 0.25) is 21.8 Å². The smallest absolute Gasteiger partial charge is 0.298 e. The highest BCUT2D eigenvalue weighted by molar-refractivity contribution is 7.88. The second kappa shape index (κ2) is 14.6. The first-order chi connectivity index (χ1) is 24.5. The van der Waals surface area contributed by atoms with Gasteiger partial charge in [0, 0.05) is 24.9 Å². The van der Waals surface area contributed by atoms with Gasteiger partial charge in [-0.25, -0.2) is 18.1 Å². The van der Waals surface area contributed by atoms with E-state index in [4.69, 9.17) is 11.1 Å². The summed E-state index contributed by atoms with van der Waals surface area (Å²) in [4.78, 5) is 58.7. The van der Waals surface area contributed by atoms with Crippen LogP contribution in [-0.4, -0.2) is 84.9 Å². The maximum Gasteiger partial charge on any atom is 0.298 e. The number of carbonyl (C=O) groups excluding carboxylic acids is 4. The normalized spacial score (nSPS) is 16.6. The Balaban J connectivity index is 1.35. The Hall–Kier alpha value is -6.47. The van der Waals surface area contributed by atoms with E-state index >= 15 is 0 Å². The molecule has 0 aliphatic carbocycles. The molecule has 1 aliphatic heterocycles. The van der Waals surface area contributed by atoms with Gasteiger partial charge in [-0.1, -0.05) is 71.1 Å². The molecular formula is C32H30N12O6S. The van der Waals surface area contributed by atoms with Gasteiger partial charge in [-0.15, -0.1) is 10.2 Å². The fraction of sp³-hybridized carbons (Fsp3) is 0.188. The second-order valence-electron chi connectivity index (χ2n) is 11.5. The largest absolute Gasteiger partial charge is 0.384 e. The summed E-state index contributed by atoms with van der Waals surface area (Å²) in [5, 5.41) is 28.4. The molecule has 4 heterocycles. The van der Waals surface area contributed by atoms with E-state index in [1.54, 1.807) is 54.6 Å². The number of nitrogens with zero attached hydrogens (tertiary/aromatic N) is 7. The van der Waals surface area contributed by atoms with E-state index in [9.17, 15) is 27.6 Å². The lowest BCUT2D eigenvalue weighted by Crippen LogP contribution is -2.55. The molecule has 19 heteroatoms. The van der Waals surface area contributed by atoms with Crippen LogP contribution in [-0.2, 0) is 44.8 Å². The third-order valence-corrected chi connectivity index (χ3v) is 9.13. The Bertz CT molecular complexity index is 2240. The molecule has 3 aromatic heterocycles. The maximum absolute atomic E-state index is 14.0. The summed E-state index contributed by atoms with van der Waals surface area (Å²) in [6, 6.07) is 16.2. The van der Waals surface area contributed by atoms with Crippen LogP contribution < -0.4 is 21.1 Å². The zero-order valence-electron chi connectivity index (χ0n) is 26.6. The summed E-state index contributed by atoms with van der Waals surface area (Å²) in [6.07, 6.45) is 1.79. The number of nitrogens with two attached hydrogens (primary N) is 1. The lowest BCUT2D eigenvalue weighted by atomic mass is 10.1. The molecule has 2 atom stereocenters. The lowest BCUT2D eigenvalue weighted by molar-refractivity contribution is -0.129. The highest BCUT2D eigenvalue weighted by atomic mass is 32.2. The van der Waals surface area contributed by atoms with Crippen LogP contribution in [0.15, 0.2) is 85.2 Å². The van der Waals surface area contributed by atoms with Gasteiger partial charge in [0.25, 0.3) is 11.8 Å². The van der Waals surface area contributed by atoms with Crippen LogP contribution in [0.1, 0.15) is 49.1 Å². The van der Waals surface area contributed by atoms with Crippen molar-refractivity contribution < 1.29 is 27.6 Å². The molecule has 0 radical (unpaired) electrons. The van der Waals surface area contributed by atoms with Gasteiger partial charge in [0.05, 0.1) is 29.5 Å². The number of rotatable bonds is 8. The van der Waals surface area contributed by atoms with Crippen molar-refractivity contribution in [2.75, 3.05) is 0 Å². The van der Waals surface area contributed by atoms with Crippen molar-refractivity contribution in [2.24, 2.45) is 5.73 Å². The van der Waals surface area contributed by atoms with Crippen LogP contribution in [0.5, 0.6) is 0 Å². The van der Waals surface area contributed by atoms with Crippen molar-refractivity contribution in [1.29, 1.82) is 5.41 Å². The van der Waals surface area contributed by atoms with Crippen molar-refractivity contribution >= 4 is 39.5 Å². The van der Waals surface area contributed by atoms with Crippen molar-refractivity contribution in [3.63, 3.8) is 0 Å². The number of pyridine rings is 1. The van der Waals surface area contributed by atoms with Gasteiger partial charge in [-0.3, -0.25) is 24.6 Å². The summed E-state index contributed by atoms with van der Waals surface area (Å²) in [6.45, 7) is 0.0147. The zero-order chi connectivity index (χ0) is 36.1. The number of benzene rings is 2. The van der Waals surface area contributed by atoms with E-state index in [1.165, 1.54) is 30.6 Å². The van der Waals surface area contributed by atoms with Crippen LogP contribution in [0, 0.1) is 5.41 Å². The Morgan fingerprint density at radius 1 is 0.922 bits per heavy atom. The molecule has 0 unspecified atom stereocenters. The Labute approximate surface area is 290 Å². The molecule has 0 saturated heterocycles. The van der Waals surface area contributed by atoms with Crippen molar-refractivity contribution in [2.45, 2.75) is 37.2 Å². The van der Waals surface area contributed by atoms with E-state index in [2.05, 4.69) is 41.0 Å². The van der Waals surface area contributed by atoms with Gasteiger partial charge in [0.1, 0.15) is 29.3 Å². The van der Waals surface area contributed by atoms with Crippen LogP contribution in [0.3, 0.4) is 0 Å². The number of fused-ring (bicyclic) bond motifs is 5. The maximum atomic E-state index is 14.0. The fourth-order valence-corrected chi connectivity index (χ4v) is 6.55. The molecule has 6 N–H and O–H groups in total.